The van der Waals surface area contributed by atoms with Crippen molar-refractivity contribution in [3.63, 3.8) is 0 Å². The van der Waals surface area contributed by atoms with Crippen molar-refractivity contribution < 1.29 is 24.9 Å². The van der Waals surface area contributed by atoms with Gasteiger partial charge in [0, 0.05) is 0 Å². The molecule has 0 spiro atoms. The minimum Gasteiger partial charge on any atom is -0.435 e. The van der Waals surface area contributed by atoms with Crippen LogP contribution in [-0.4, -0.2) is 40.8 Å². The Morgan fingerprint density at radius 1 is 1.56 bits per heavy atom. The number of rotatable bonds is 4. The highest BCUT2D eigenvalue weighted by Gasteiger charge is 2.14. The van der Waals surface area contributed by atoms with Gasteiger partial charge in [-0.25, -0.2) is 0 Å². The van der Waals surface area contributed by atoms with E-state index in [9.17, 15) is 4.79 Å². The zero-order valence-corrected chi connectivity index (χ0v) is 4.60. The molecule has 2 unspecified atom stereocenters. The van der Waals surface area contributed by atoms with Crippen molar-refractivity contribution in [3.8, 4) is 0 Å². The Morgan fingerprint density at radius 3 is 2.44 bits per heavy atom. The quantitative estimate of drug-likeness (QED) is 0.302. The van der Waals surface area contributed by atoms with Crippen LogP contribution in [0.15, 0.2) is 0 Å². The van der Waals surface area contributed by atoms with E-state index in [0.717, 1.165) is 0 Å². The van der Waals surface area contributed by atoms with Crippen molar-refractivity contribution in [2.24, 2.45) is 0 Å². The van der Waals surface area contributed by atoms with Crippen molar-refractivity contribution >= 4 is 6.47 Å². The van der Waals surface area contributed by atoms with E-state index in [2.05, 4.69) is 4.74 Å². The van der Waals surface area contributed by atoms with Gasteiger partial charge >= 0.3 is 0 Å². The van der Waals surface area contributed by atoms with Crippen molar-refractivity contribution in [2.45, 2.75) is 12.4 Å². The van der Waals surface area contributed by atoms with Gasteiger partial charge in [-0.05, 0) is 0 Å². The van der Waals surface area contributed by atoms with Crippen LogP contribution in [0, 0.1) is 0 Å². The molecule has 9 heavy (non-hydrogen) atoms. The first-order valence-electron chi connectivity index (χ1n) is 2.28. The molecule has 0 aliphatic rings. The molecule has 0 aromatic carbocycles. The Hall–Kier alpha value is -0.650. The highest BCUT2D eigenvalue weighted by Crippen LogP contribution is 1.90. The number of ether oxygens (including phenoxy) is 1. The van der Waals surface area contributed by atoms with Crippen LogP contribution >= 0.6 is 0 Å². The average Bonchev–Trinajstić information content (AvgIpc) is 1.87. The lowest BCUT2D eigenvalue weighted by molar-refractivity contribution is -0.176. The van der Waals surface area contributed by atoms with Gasteiger partial charge in [0.2, 0.25) is 6.29 Å². The fourth-order valence-electron chi connectivity index (χ4n) is 0.238. The fraction of sp³-hybridized carbons (Fsp3) is 0.750. The predicted molar refractivity (Wildman–Crippen MR) is 26.2 cm³/mol. The van der Waals surface area contributed by atoms with Gasteiger partial charge < -0.3 is 20.1 Å². The number of hydrogen-bond donors (Lipinski definition) is 3. The summed E-state index contributed by atoms with van der Waals surface area (Å²) in [6.45, 7) is -0.654. The van der Waals surface area contributed by atoms with Crippen LogP contribution in [-0.2, 0) is 9.53 Å². The van der Waals surface area contributed by atoms with Crippen molar-refractivity contribution in [3.05, 3.63) is 0 Å². The minimum atomic E-state index is -1.63. The highest BCUT2D eigenvalue weighted by molar-refractivity contribution is 5.37. The standard InChI is InChI=1S/C4H8O5/c5-1-3(7)4(8)9-2-6/h2-5,7-8H,1H2. The zero-order valence-electron chi connectivity index (χ0n) is 4.60. The minimum absolute atomic E-state index is 0.0104. The summed E-state index contributed by atoms with van der Waals surface area (Å²) in [5.41, 5.74) is 0. The van der Waals surface area contributed by atoms with Crippen LogP contribution in [0.2, 0.25) is 0 Å². The first kappa shape index (κ1) is 8.35. The first-order chi connectivity index (χ1) is 4.22. The molecule has 0 radical (unpaired) electrons. The summed E-state index contributed by atoms with van der Waals surface area (Å²) in [6.07, 6.45) is -3.05. The van der Waals surface area contributed by atoms with Gasteiger partial charge in [0.1, 0.15) is 6.10 Å². The summed E-state index contributed by atoms with van der Waals surface area (Å²) in [5.74, 6) is 0. The second kappa shape index (κ2) is 4.25. The lowest BCUT2D eigenvalue weighted by Gasteiger charge is -2.11. The van der Waals surface area contributed by atoms with E-state index in [4.69, 9.17) is 15.3 Å². The van der Waals surface area contributed by atoms with E-state index in [1.165, 1.54) is 0 Å². The number of hydrogen-bond acceptors (Lipinski definition) is 5. The number of aliphatic hydroxyl groups excluding tert-OH is 3. The maximum Gasteiger partial charge on any atom is 0.295 e. The van der Waals surface area contributed by atoms with Crippen LogP contribution in [0.3, 0.4) is 0 Å². The molecule has 0 saturated carbocycles. The molecule has 54 valence electrons. The van der Waals surface area contributed by atoms with Crippen LogP contribution in [0.25, 0.3) is 0 Å². The molecule has 0 rings (SSSR count). The zero-order chi connectivity index (χ0) is 7.28. The number of carbonyl (C=O) groups is 1. The molecule has 0 saturated heterocycles. The Morgan fingerprint density at radius 2 is 2.11 bits per heavy atom. The number of aliphatic hydroxyl groups is 3. The molecule has 3 N–H and O–H groups in total. The Kier molecular flexibility index (Phi) is 3.94. The summed E-state index contributed by atoms with van der Waals surface area (Å²) in [7, 11) is 0. The molecule has 0 aliphatic carbocycles. The molecule has 0 fully saturated rings. The SMILES string of the molecule is O=COC(O)C(O)CO. The molecule has 0 aliphatic heterocycles. The molecule has 2 atom stereocenters. The van der Waals surface area contributed by atoms with E-state index in [1.807, 2.05) is 0 Å². The molecular formula is C4H8O5. The molecular weight excluding hydrogens is 128 g/mol. The van der Waals surface area contributed by atoms with Crippen molar-refractivity contribution in [1.29, 1.82) is 0 Å². The van der Waals surface area contributed by atoms with Gasteiger partial charge in [0.15, 0.2) is 0 Å². The van der Waals surface area contributed by atoms with Crippen molar-refractivity contribution in [2.75, 3.05) is 6.61 Å². The Balaban J connectivity index is 3.44. The topological polar surface area (TPSA) is 87.0 Å². The summed E-state index contributed by atoms with van der Waals surface area (Å²) >= 11 is 0. The molecule has 0 heterocycles. The van der Waals surface area contributed by atoms with Gasteiger partial charge in [-0.1, -0.05) is 0 Å². The second-order valence-electron chi connectivity index (χ2n) is 1.37. The molecule has 0 bridgehead atoms. The third-order valence-corrected chi connectivity index (χ3v) is 0.711. The molecule has 5 heteroatoms. The third-order valence-electron chi connectivity index (χ3n) is 0.711. The second-order valence-corrected chi connectivity index (χ2v) is 1.37. The van der Waals surface area contributed by atoms with Crippen LogP contribution < -0.4 is 0 Å². The Bertz CT molecular complexity index is 83.0. The summed E-state index contributed by atoms with van der Waals surface area (Å²) in [5, 5.41) is 25.1. The van der Waals surface area contributed by atoms with E-state index in [0.29, 0.717) is 0 Å². The Labute approximate surface area is 51.5 Å². The van der Waals surface area contributed by atoms with Gasteiger partial charge in [-0.2, -0.15) is 0 Å². The normalized spacial score (nSPS) is 16.3. The van der Waals surface area contributed by atoms with E-state index < -0.39 is 19.0 Å². The molecule has 0 amide bonds. The van der Waals surface area contributed by atoms with E-state index in [-0.39, 0.29) is 6.47 Å². The van der Waals surface area contributed by atoms with Crippen molar-refractivity contribution in [1.82, 2.24) is 0 Å². The van der Waals surface area contributed by atoms with Crippen LogP contribution in [0.1, 0.15) is 0 Å². The van der Waals surface area contributed by atoms with Gasteiger partial charge in [0.05, 0.1) is 6.61 Å². The maximum atomic E-state index is 9.46. The smallest absolute Gasteiger partial charge is 0.295 e. The lowest BCUT2D eigenvalue weighted by Crippen LogP contribution is -2.31. The van der Waals surface area contributed by atoms with Crippen LogP contribution in [0.4, 0.5) is 0 Å². The predicted octanol–water partition coefficient (Wildman–Crippen LogP) is -2.17. The van der Waals surface area contributed by atoms with E-state index in [1.54, 1.807) is 0 Å². The molecule has 5 nitrogen and oxygen atoms in total. The third kappa shape index (κ3) is 3.02. The number of carbonyl (C=O) groups excluding carboxylic acids is 1. The highest BCUT2D eigenvalue weighted by atomic mass is 16.6. The lowest BCUT2D eigenvalue weighted by atomic mass is 10.4. The first-order valence-corrected chi connectivity index (χ1v) is 2.28. The summed E-state index contributed by atoms with van der Waals surface area (Å²) < 4.78 is 3.86. The maximum absolute atomic E-state index is 9.46. The summed E-state index contributed by atoms with van der Waals surface area (Å²) in [6, 6.07) is 0. The van der Waals surface area contributed by atoms with Gasteiger partial charge in [0.25, 0.3) is 6.47 Å². The van der Waals surface area contributed by atoms with Gasteiger partial charge in [-0.3, -0.25) is 4.79 Å². The van der Waals surface area contributed by atoms with Crippen LogP contribution in [0.5, 0.6) is 0 Å². The van der Waals surface area contributed by atoms with Gasteiger partial charge in [-0.15, -0.1) is 0 Å². The fourth-order valence-corrected chi connectivity index (χ4v) is 0.238. The largest absolute Gasteiger partial charge is 0.435 e. The summed E-state index contributed by atoms with van der Waals surface area (Å²) in [4.78, 5) is 9.46. The molecule has 0 aromatic rings. The average molecular weight is 136 g/mol. The molecule has 0 aromatic heterocycles. The van der Waals surface area contributed by atoms with E-state index >= 15 is 0 Å². The monoisotopic (exact) mass is 136 g/mol.